The summed E-state index contributed by atoms with van der Waals surface area (Å²) in [6, 6.07) is 37.8. The summed E-state index contributed by atoms with van der Waals surface area (Å²) in [6.45, 7) is 0. The van der Waals surface area contributed by atoms with Gasteiger partial charge in [0.1, 0.15) is 11.5 Å². The normalized spacial score (nSPS) is 11.2. The minimum atomic E-state index is 0.208. The van der Waals surface area contributed by atoms with Crippen LogP contribution >= 0.6 is 0 Å². The molecule has 0 aliphatic carbocycles. The third-order valence-corrected chi connectivity index (χ3v) is 5.78. The number of benzene rings is 5. The maximum absolute atomic E-state index is 9.86. The molecule has 0 saturated heterocycles. The third kappa shape index (κ3) is 6.44. The van der Waals surface area contributed by atoms with Gasteiger partial charge >= 0.3 is 0 Å². The van der Waals surface area contributed by atoms with E-state index in [4.69, 9.17) is 0 Å². The smallest absolute Gasteiger partial charge is 0.124 e. The molecule has 0 saturated carbocycles. The van der Waals surface area contributed by atoms with Gasteiger partial charge in [0.25, 0.3) is 0 Å². The molecule has 0 aliphatic heterocycles. The standard InChI is InChI=1S/C32H26N4O2/c37-31-7-3-1-5-23(31)21-33-25-9-13-27(14-10-25)35-29-17-19-30(20-18-29)36-28-15-11-26(12-16-28)34-22-24-6-2-4-8-32(24)38/h1-22,35-38H. The van der Waals surface area contributed by atoms with Gasteiger partial charge in [0.2, 0.25) is 0 Å². The van der Waals surface area contributed by atoms with Crippen LogP contribution in [0, 0.1) is 0 Å². The lowest BCUT2D eigenvalue weighted by Gasteiger charge is -2.10. The van der Waals surface area contributed by atoms with Crippen LogP contribution in [0.4, 0.5) is 34.1 Å². The van der Waals surface area contributed by atoms with Crippen LogP contribution in [0.25, 0.3) is 0 Å². The van der Waals surface area contributed by atoms with E-state index < -0.39 is 0 Å². The minimum absolute atomic E-state index is 0.208. The van der Waals surface area contributed by atoms with Gasteiger partial charge in [0.05, 0.1) is 11.4 Å². The average Bonchev–Trinajstić information content (AvgIpc) is 2.95. The van der Waals surface area contributed by atoms with Crippen molar-refractivity contribution in [2.75, 3.05) is 10.6 Å². The molecule has 5 aromatic carbocycles. The van der Waals surface area contributed by atoms with E-state index in [-0.39, 0.29) is 11.5 Å². The Morgan fingerprint density at radius 1 is 0.421 bits per heavy atom. The Kier molecular flexibility index (Phi) is 7.42. The van der Waals surface area contributed by atoms with Crippen molar-refractivity contribution in [3.8, 4) is 11.5 Å². The first-order valence-corrected chi connectivity index (χ1v) is 12.1. The highest BCUT2D eigenvalue weighted by Crippen LogP contribution is 2.25. The summed E-state index contributed by atoms with van der Waals surface area (Å²) >= 11 is 0. The number of rotatable bonds is 8. The molecule has 0 aliphatic rings. The quantitative estimate of drug-likeness (QED) is 0.163. The van der Waals surface area contributed by atoms with E-state index in [9.17, 15) is 10.2 Å². The summed E-state index contributed by atoms with van der Waals surface area (Å²) in [5.41, 5.74) is 6.79. The lowest BCUT2D eigenvalue weighted by atomic mass is 10.2. The van der Waals surface area contributed by atoms with Gasteiger partial charge in [-0.15, -0.1) is 0 Å². The van der Waals surface area contributed by atoms with Gasteiger partial charge < -0.3 is 20.8 Å². The lowest BCUT2D eigenvalue weighted by Crippen LogP contribution is -1.92. The molecule has 0 heterocycles. The fourth-order valence-electron chi connectivity index (χ4n) is 3.71. The van der Waals surface area contributed by atoms with Crippen molar-refractivity contribution in [1.82, 2.24) is 0 Å². The predicted octanol–water partition coefficient (Wildman–Crippen LogP) is 8.09. The van der Waals surface area contributed by atoms with E-state index in [1.807, 2.05) is 97.1 Å². The molecule has 0 fully saturated rings. The van der Waals surface area contributed by atoms with Crippen LogP contribution in [0.15, 0.2) is 131 Å². The molecule has 0 aromatic heterocycles. The summed E-state index contributed by atoms with van der Waals surface area (Å²) in [4.78, 5) is 8.86. The Bertz CT molecular complexity index is 1440. The van der Waals surface area contributed by atoms with Crippen molar-refractivity contribution in [2.24, 2.45) is 9.98 Å². The molecule has 38 heavy (non-hydrogen) atoms. The highest BCUT2D eigenvalue weighted by molar-refractivity contribution is 5.86. The zero-order valence-corrected chi connectivity index (χ0v) is 20.5. The molecule has 0 bridgehead atoms. The maximum Gasteiger partial charge on any atom is 0.124 e. The Hall–Kier alpha value is -5.36. The molecule has 186 valence electrons. The Morgan fingerprint density at radius 3 is 1.08 bits per heavy atom. The molecule has 5 aromatic rings. The van der Waals surface area contributed by atoms with Crippen molar-refractivity contribution in [3.05, 3.63) is 132 Å². The maximum atomic E-state index is 9.86. The lowest BCUT2D eigenvalue weighted by molar-refractivity contribution is 0.474. The first kappa shape index (κ1) is 24.3. The molecule has 6 nitrogen and oxygen atoms in total. The van der Waals surface area contributed by atoms with E-state index in [1.165, 1.54) is 0 Å². The van der Waals surface area contributed by atoms with Gasteiger partial charge in [-0.05, 0) is 97.1 Å². The first-order valence-electron chi connectivity index (χ1n) is 12.1. The molecule has 0 atom stereocenters. The number of aromatic hydroxyl groups is 2. The Balaban J connectivity index is 1.15. The second-order valence-corrected chi connectivity index (χ2v) is 8.56. The zero-order chi connectivity index (χ0) is 26.2. The number of nitrogens with one attached hydrogen (secondary N) is 2. The molecule has 0 unspecified atom stereocenters. The first-order chi connectivity index (χ1) is 18.6. The second-order valence-electron chi connectivity index (χ2n) is 8.56. The van der Waals surface area contributed by atoms with Gasteiger partial charge in [-0.25, -0.2) is 0 Å². The molecule has 0 radical (unpaired) electrons. The summed E-state index contributed by atoms with van der Waals surface area (Å²) in [5, 5.41) is 26.5. The van der Waals surface area contributed by atoms with Gasteiger partial charge in [-0.1, -0.05) is 24.3 Å². The molecule has 0 spiro atoms. The van der Waals surface area contributed by atoms with Crippen LogP contribution in [-0.2, 0) is 0 Å². The minimum Gasteiger partial charge on any atom is -0.507 e. The zero-order valence-electron chi connectivity index (χ0n) is 20.5. The van der Waals surface area contributed by atoms with Crippen molar-refractivity contribution in [3.63, 3.8) is 0 Å². The van der Waals surface area contributed by atoms with E-state index >= 15 is 0 Å². The summed E-state index contributed by atoms with van der Waals surface area (Å²) < 4.78 is 0. The van der Waals surface area contributed by atoms with E-state index in [2.05, 4.69) is 20.6 Å². The van der Waals surface area contributed by atoms with Crippen LogP contribution in [0.2, 0.25) is 0 Å². The number of phenolic OH excluding ortho intramolecular Hbond substituents is 2. The molecule has 4 N–H and O–H groups in total. The largest absolute Gasteiger partial charge is 0.507 e. The third-order valence-electron chi connectivity index (χ3n) is 5.78. The number of para-hydroxylation sites is 2. The molecule has 0 amide bonds. The molecule has 5 rings (SSSR count). The number of hydrogen-bond acceptors (Lipinski definition) is 6. The van der Waals surface area contributed by atoms with E-state index in [0.29, 0.717) is 11.1 Å². The molecule has 6 heteroatoms. The summed E-state index contributed by atoms with van der Waals surface area (Å²) in [7, 11) is 0. The summed E-state index contributed by atoms with van der Waals surface area (Å²) in [6.07, 6.45) is 3.31. The fraction of sp³-hybridized carbons (Fsp3) is 0. The van der Waals surface area contributed by atoms with Gasteiger partial charge in [-0.3, -0.25) is 9.98 Å². The van der Waals surface area contributed by atoms with Crippen molar-refractivity contribution >= 4 is 46.6 Å². The van der Waals surface area contributed by atoms with Crippen LogP contribution in [0.5, 0.6) is 11.5 Å². The Labute approximate surface area is 221 Å². The van der Waals surface area contributed by atoms with Crippen molar-refractivity contribution in [1.29, 1.82) is 0 Å². The van der Waals surface area contributed by atoms with Crippen LogP contribution < -0.4 is 10.6 Å². The average molecular weight is 499 g/mol. The highest BCUT2D eigenvalue weighted by atomic mass is 16.3. The van der Waals surface area contributed by atoms with E-state index in [1.54, 1.807) is 36.7 Å². The number of phenols is 2. The predicted molar refractivity (Wildman–Crippen MR) is 157 cm³/mol. The SMILES string of the molecule is Oc1ccccc1C=Nc1ccc(Nc2ccc(Nc3ccc(N=Cc4ccccc4O)cc3)cc2)cc1. The summed E-state index contributed by atoms with van der Waals surface area (Å²) in [5.74, 6) is 0.416. The van der Waals surface area contributed by atoms with Gasteiger partial charge in [0.15, 0.2) is 0 Å². The van der Waals surface area contributed by atoms with Crippen molar-refractivity contribution in [2.45, 2.75) is 0 Å². The Morgan fingerprint density at radius 2 is 0.737 bits per heavy atom. The topological polar surface area (TPSA) is 89.2 Å². The highest BCUT2D eigenvalue weighted by Gasteiger charge is 2.00. The van der Waals surface area contributed by atoms with Crippen molar-refractivity contribution < 1.29 is 10.2 Å². The number of aliphatic imine (C=N–C) groups is 2. The number of nitrogens with zero attached hydrogens (tertiary/aromatic N) is 2. The van der Waals surface area contributed by atoms with Gasteiger partial charge in [0, 0.05) is 46.3 Å². The monoisotopic (exact) mass is 498 g/mol. The number of hydrogen-bond donors (Lipinski definition) is 4. The number of anilines is 4. The fourth-order valence-corrected chi connectivity index (χ4v) is 3.71. The van der Waals surface area contributed by atoms with Crippen LogP contribution in [-0.4, -0.2) is 22.6 Å². The van der Waals surface area contributed by atoms with Crippen LogP contribution in [0.3, 0.4) is 0 Å². The van der Waals surface area contributed by atoms with E-state index in [0.717, 1.165) is 34.1 Å². The van der Waals surface area contributed by atoms with Gasteiger partial charge in [-0.2, -0.15) is 0 Å². The molecular formula is C32H26N4O2. The van der Waals surface area contributed by atoms with Crippen LogP contribution in [0.1, 0.15) is 11.1 Å². The molecular weight excluding hydrogens is 472 g/mol. The second kappa shape index (κ2) is 11.6.